The van der Waals surface area contributed by atoms with E-state index < -0.39 is 12.1 Å². The first kappa shape index (κ1) is 18.4. The van der Waals surface area contributed by atoms with Crippen LogP contribution >= 0.6 is 0 Å². The monoisotopic (exact) mass is 400 g/mol. The number of carbonyl (C=O) groups is 2. The van der Waals surface area contributed by atoms with Crippen molar-refractivity contribution in [2.75, 3.05) is 13.2 Å². The Balaban J connectivity index is 1.34. The number of aromatic carboxylic acids is 1. The van der Waals surface area contributed by atoms with Gasteiger partial charge in [-0.1, -0.05) is 48.5 Å². The van der Waals surface area contributed by atoms with Gasteiger partial charge in [0.2, 0.25) is 0 Å². The minimum Gasteiger partial charge on any atom is -0.477 e. The lowest BCUT2D eigenvalue weighted by Crippen LogP contribution is -2.38. The van der Waals surface area contributed by atoms with Crippen LogP contribution in [0.2, 0.25) is 0 Å². The highest BCUT2D eigenvalue weighted by atomic mass is 16.6. The first-order valence-corrected chi connectivity index (χ1v) is 9.93. The zero-order valence-electron chi connectivity index (χ0n) is 16.2. The van der Waals surface area contributed by atoms with Gasteiger partial charge in [-0.2, -0.15) is 0 Å². The number of nitrogens with zero attached hydrogens (tertiary/aromatic N) is 2. The summed E-state index contributed by atoms with van der Waals surface area (Å²) >= 11 is 0. The highest BCUT2D eigenvalue weighted by molar-refractivity contribution is 5.87. The molecular weight excluding hydrogens is 380 g/mol. The Kier molecular flexibility index (Phi) is 4.47. The first-order chi connectivity index (χ1) is 14.6. The lowest BCUT2D eigenvalue weighted by Gasteiger charge is -2.29. The molecule has 1 amide bonds. The Morgan fingerprint density at radius 1 is 1.03 bits per heavy atom. The number of hydrogen-bond acceptors (Lipinski definition) is 4. The van der Waals surface area contributed by atoms with Crippen molar-refractivity contribution >= 4 is 12.1 Å². The number of carboxylic acids is 1. The van der Waals surface area contributed by atoms with Gasteiger partial charge in [-0.3, -0.25) is 0 Å². The summed E-state index contributed by atoms with van der Waals surface area (Å²) in [5, 5.41) is 9.40. The van der Waals surface area contributed by atoms with Crippen LogP contribution in [0.5, 0.6) is 0 Å². The van der Waals surface area contributed by atoms with Crippen LogP contribution in [-0.4, -0.2) is 40.2 Å². The Hall–Kier alpha value is -3.67. The normalized spacial score (nSPS) is 14.6. The summed E-state index contributed by atoms with van der Waals surface area (Å²) in [7, 11) is 0. The van der Waals surface area contributed by atoms with Crippen molar-refractivity contribution < 1.29 is 19.4 Å². The van der Waals surface area contributed by atoms with Crippen molar-refractivity contribution in [3.8, 4) is 11.1 Å². The van der Waals surface area contributed by atoms with Crippen molar-refractivity contribution in [2.45, 2.75) is 18.9 Å². The molecule has 6 nitrogen and oxygen atoms in total. The zero-order chi connectivity index (χ0) is 20.7. The number of aromatic nitrogens is 1. The molecule has 1 N–H and O–H groups in total. The molecule has 30 heavy (non-hydrogen) atoms. The van der Waals surface area contributed by atoms with Crippen molar-refractivity contribution in [1.82, 2.24) is 9.88 Å². The smallest absolute Gasteiger partial charge is 0.410 e. The van der Waals surface area contributed by atoms with Crippen LogP contribution in [0.1, 0.15) is 38.7 Å². The van der Waals surface area contributed by atoms with Crippen molar-refractivity contribution in [2.24, 2.45) is 0 Å². The second-order valence-corrected chi connectivity index (χ2v) is 7.58. The number of rotatable bonds is 3. The molecule has 0 atom stereocenters. The third-order valence-corrected chi connectivity index (χ3v) is 5.95. The number of carbonyl (C=O) groups excluding carboxylic acids is 1. The van der Waals surface area contributed by atoms with Crippen LogP contribution in [0.4, 0.5) is 4.79 Å². The molecule has 2 heterocycles. The third kappa shape index (κ3) is 3.01. The molecule has 2 aliphatic rings. The Morgan fingerprint density at radius 3 is 2.37 bits per heavy atom. The van der Waals surface area contributed by atoms with E-state index in [1.807, 2.05) is 30.3 Å². The maximum Gasteiger partial charge on any atom is 0.410 e. The van der Waals surface area contributed by atoms with Crippen molar-refractivity contribution in [1.29, 1.82) is 0 Å². The molecule has 0 saturated heterocycles. The second kappa shape index (κ2) is 7.30. The molecule has 1 aromatic heterocycles. The molecule has 0 unspecified atom stereocenters. The van der Waals surface area contributed by atoms with E-state index in [1.165, 1.54) is 17.3 Å². The average molecular weight is 400 g/mol. The van der Waals surface area contributed by atoms with Gasteiger partial charge in [-0.15, -0.1) is 0 Å². The predicted molar refractivity (Wildman–Crippen MR) is 110 cm³/mol. The largest absolute Gasteiger partial charge is 0.477 e. The zero-order valence-corrected chi connectivity index (χ0v) is 16.2. The predicted octanol–water partition coefficient (Wildman–Crippen LogP) is 4.09. The molecule has 1 aliphatic heterocycles. The number of amides is 1. The minimum absolute atomic E-state index is 0.00338. The van der Waals surface area contributed by atoms with E-state index in [1.54, 1.807) is 4.90 Å². The van der Waals surface area contributed by atoms with Gasteiger partial charge < -0.3 is 14.7 Å². The molecule has 0 bridgehead atoms. The van der Waals surface area contributed by atoms with Gasteiger partial charge in [0.15, 0.2) is 5.69 Å². The standard InChI is InChI=1S/C24H20N2O4/c27-23(28)22-20-13-26(12-10-15(20)9-11-25-22)24(29)30-14-21-18-7-3-1-5-16(18)17-6-2-4-8-19(17)21/h1-9,11,21H,10,12-14H2,(H,27,28). The average Bonchev–Trinajstić information content (AvgIpc) is 3.10. The Morgan fingerprint density at radius 2 is 1.70 bits per heavy atom. The van der Waals surface area contributed by atoms with Gasteiger partial charge in [0.05, 0.1) is 6.54 Å². The van der Waals surface area contributed by atoms with Gasteiger partial charge in [-0.05, 0) is 40.3 Å². The van der Waals surface area contributed by atoms with E-state index in [0.29, 0.717) is 18.5 Å². The molecule has 0 fully saturated rings. The van der Waals surface area contributed by atoms with E-state index in [9.17, 15) is 14.7 Å². The summed E-state index contributed by atoms with van der Waals surface area (Å²) in [4.78, 5) is 29.8. The van der Waals surface area contributed by atoms with E-state index in [2.05, 4.69) is 29.2 Å². The van der Waals surface area contributed by atoms with E-state index >= 15 is 0 Å². The SMILES string of the molecule is O=C(O)c1nccc2c1CN(C(=O)OCC1c3ccccc3-c3ccccc31)CC2. The fourth-order valence-corrected chi connectivity index (χ4v) is 4.49. The molecule has 150 valence electrons. The van der Waals surface area contributed by atoms with Gasteiger partial charge in [0.25, 0.3) is 0 Å². The quantitative estimate of drug-likeness (QED) is 0.716. The molecule has 0 saturated carbocycles. The van der Waals surface area contributed by atoms with Crippen LogP contribution < -0.4 is 0 Å². The fourth-order valence-electron chi connectivity index (χ4n) is 4.49. The van der Waals surface area contributed by atoms with Crippen LogP contribution in [-0.2, 0) is 17.7 Å². The van der Waals surface area contributed by atoms with Crippen molar-refractivity contribution in [3.63, 3.8) is 0 Å². The van der Waals surface area contributed by atoms with E-state index in [-0.39, 0.29) is 24.8 Å². The van der Waals surface area contributed by atoms with Gasteiger partial charge in [0, 0.05) is 24.2 Å². The van der Waals surface area contributed by atoms with E-state index in [0.717, 1.165) is 16.7 Å². The lowest BCUT2D eigenvalue weighted by atomic mass is 9.98. The molecule has 0 radical (unpaired) electrons. The van der Waals surface area contributed by atoms with Crippen LogP contribution in [0.3, 0.4) is 0 Å². The topological polar surface area (TPSA) is 79.7 Å². The number of fused-ring (bicyclic) bond motifs is 4. The molecule has 3 aromatic rings. The second-order valence-electron chi connectivity index (χ2n) is 7.58. The van der Waals surface area contributed by atoms with Gasteiger partial charge in [0.1, 0.15) is 6.61 Å². The summed E-state index contributed by atoms with van der Waals surface area (Å²) < 4.78 is 5.71. The summed E-state index contributed by atoms with van der Waals surface area (Å²) in [5.41, 5.74) is 6.19. The minimum atomic E-state index is -1.08. The summed E-state index contributed by atoms with van der Waals surface area (Å²) in [5.74, 6) is -1.09. The fraction of sp³-hybridized carbons (Fsp3) is 0.208. The number of pyridine rings is 1. The van der Waals surface area contributed by atoms with Gasteiger partial charge >= 0.3 is 12.1 Å². The van der Waals surface area contributed by atoms with Crippen LogP contribution in [0.25, 0.3) is 11.1 Å². The molecule has 0 spiro atoms. The Bertz CT molecular complexity index is 1110. The molecule has 2 aromatic carbocycles. The lowest BCUT2D eigenvalue weighted by molar-refractivity contribution is 0.0682. The Labute approximate surface area is 173 Å². The number of hydrogen-bond donors (Lipinski definition) is 1. The highest BCUT2D eigenvalue weighted by Crippen LogP contribution is 2.44. The van der Waals surface area contributed by atoms with E-state index in [4.69, 9.17) is 4.74 Å². The number of carboxylic acid groups (broad SMARTS) is 1. The molecule has 5 rings (SSSR count). The first-order valence-electron chi connectivity index (χ1n) is 9.93. The molecule has 1 aliphatic carbocycles. The summed E-state index contributed by atoms with van der Waals surface area (Å²) in [6.45, 7) is 0.934. The summed E-state index contributed by atoms with van der Waals surface area (Å²) in [6.07, 6.45) is 1.66. The molecule has 6 heteroatoms. The maximum absolute atomic E-state index is 12.8. The maximum atomic E-state index is 12.8. The number of benzene rings is 2. The molecular formula is C24H20N2O4. The highest BCUT2D eigenvalue weighted by Gasteiger charge is 2.31. The van der Waals surface area contributed by atoms with Crippen LogP contribution in [0, 0.1) is 0 Å². The van der Waals surface area contributed by atoms with Crippen LogP contribution in [0.15, 0.2) is 60.8 Å². The van der Waals surface area contributed by atoms with Crippen molar-refractivity contribution in [3.05, 3.63) is 88.7 Å². The summed E-state index contributed by atoms with van der Waals surface area (Å²) in [6, 6.07) is 18.2. The third-order valence-electron chi connectivity index (χ3n) is 5.95. The number of ether oxygens (including phenoxy) is 1. The van der Waals surface area contributed by atoms with Gasteiger partial charge in [-0.25, -0.2) is 14.6 Å².